The second-order valence-corrected chi connectivity index (χ2v) is 9.35. The molecule has 156 valence electrons. The zero-order chi connectivity index (χ0) is 20.9. The van der Waals surface area contributed by atoms with Gasteiger partial charge >= 0.3 is 0 Å². The summed E-state index contributed by atoms with van der Waals surface area (Å²) in [5, 5.41) is 14.7. The lowest BCUT2D eigenvalue weighted by Crippen LogP contribution is -2.43. The van der Waals surface area contributed by atoms with Crippen molar-refractivity contribution >= 4 is 17.3 Å². The van der Waals surface area contributed by atoms with Crippen LogP contribution in [0.2, 0.25) is 0 Å². The predicted octanol–water partition coefficient (Wildman–Crippen LogP) is 3.52. The van der Waals surface area contributed by atoms with Crippen LogP contribution < -0.4 is 10.6 Å². The number of hydrogen-bond donors (Lipinski definition) is 2. The lowest BCUT2D eigenvalue weighted by atomic mass is 9.93. The van der Waals surface area contributed by atoms with Gasteiger partial charge in [0.1, 0.15) is 0 Å². The van der Waals surface area contributed by atoms with Gasteiger partial charge in [-0.05, 0) is 39.7 Å². The van der Waals surface area contributed by atoms with E-state index in [1.54, 1.807) is 11.3 Å². The first kappa shape index (κ1) is 22.4. The fraction of sp³-hybridized carbons (Fsp3) is 0.667. The van der Waals surface area contributed by atoms with Gasteiger partial charge in [0.25, 0.3) is 0 Å². The highest BCUT2D eigenvalue weighted by atomic mass is 32.1. The Morgan fingerprint density at radius 2 is 2.04 bits per heavy atom. The Morgan fingerprint density at radius 1 is 1.32 bits per heavy atom. The lowest BCUT2D eigenvalue weighted by molar-refractivity contribution is 0.570. The molecule has 2 rings (SSSR count). The molecule has 6 nitrogen and oxygen atoms in total. The molecule has 2 aromatic rings. The highest BCUT2D eigenvalue weighted by Gasteiger charge is 2.17. The zero-order valence-corrected chi connectivity index (χ0v) is 19.5. The lowest BCUT2D eigenvalue weighted by Gasteiger charge is -2.18. The molecule has 0 amide bonds. The zero-order valence-electron chi connectivity index (χ0n) is 18.7. The van der Waals surface area contributed by atoms with Crippen LogP contribution in [0.25, 0.3) is 0 Å². The van der Waals surface area contributed by atoms with E-state index in [1.165, 1.54) is 11.3 Å². The largest absolute Gasteiger partial charge is 0.357 e. The SMILES string of the molecule is CCNC(=NCCc1nc(C(C)(C)C)cs1)NC(C)Cc1c(C)nn(C)c1C. The third-order valence-corrected chi connectivity index (χ3v) is 5.72. The first-order chi connectivity index (χ1) is 13.1. The summed E-state index contributed by atoms with van der Waals surface area (Å²) in [6, 6.07) is 0.270. The molecule has 7 heteroatoms. The number of guanidine groups is 1. The molecule has 1 atom stereocenters. The van der Waals surface area contributed by atoms with Gasteiger partial charge < -0.3 is 10.6 Å². The van der Waals surface area contributed by atoms with Crippen molar-refractivity contribution in [2.45, 2.75) is 72.8 Å². The average Bonchev–Trinajstić information content (AvgIpc) is 3.16. The molecule has 0 saturated carbocycles. The van der Waals surface area contributed by atoms with Gasteiger partial charge in [-0.25, -0.2) is 4.98 Å². The molecule has 0 radical (unpaired) electrons. The van der Waals surface area contributed by atoms with Gasteiger partial charge in [-0.2, -0.15) is 5.10 Å². The van der Waals surface area contributed by atoms with Crippen LogP contribution in [0.15, 0.2) is 10.4 Å². The van der Waals surface area contributed by atoms with Gasteiger partial charge in [-0.15, -0.1) is 11.3 Å². The summed E-state index contributed by atoms with van der Waals surface area (Å²) in [5.41, 5.74) is 4.92. The third kappa shape index (κ3) is 6.06. The predicted molar refractivity (Wildman–Crippen MR) is 119 cm³/mol. The van der Waals surface area contributed by atoms with Crippen LogP contribution in [0.1, 0.15) is 62.3 Å². The van der Waals surface area contributed by atoms with E-state index in [0.29, 0.717) is 0 Å². The number of thiazole rings is 1. The number of hydrogen-bond acceptors (Lipinski definition) is 4. The normalized spacial score (nSPS) is 13.6. The number of aromatic nitrogens is 3. The Bertz CT molecular complexity index is 796. The maximum absolute atomic E-state index is 4.76. The molecule has 2 heterocycles. The van der Waals surface area contributed by atoms with E-state index < -0.39 is 0 Å². The smallest absolute Gasteiger partial charge is 0.191 e. The molecule has 0 aromatic carbocycles. The second kappa shape index (κ2) is 9.54. The fourth-order valence-corrected chi connectivity index (χ4v) is 4.07. The molecule has 0 bridgehead atoms. The van der Waals surface area contributed by atoms with Crippen molar-refractivity contribution in [1.82, 2.24) is 25.4 Å². The van der Waals surface area contributed by atoms with Gasteiger partial charge in [0.05, 0.1) is 16.4 Å². The average molecular weight is 405 g/mol. The van der Waals surface area contributed by atoms with Gasteiger partial charge in [0.15, 0.2) is 5.96 Å². The van der Waals surface area contributed by atoms with E-state index in [0.717, 1.165) is 48.3 Å². The Balaban J connectivity index is 1.95. The molecule has 2 aromatic heterocycles. The Labute approximate surface area is 173 Å². The Kier molecular flexibility index (Phi) is 7.63. The topological polar surface area (TPSA) is 67.1 Å². The quantitative estimate of drug-likeness (QED) is 0.547. The van der Waals surface area contributed by atoms with Crippen LogP contribution in [0, 0.1) is 13.8 Å². The monoisotopic (exact) mass is 404 g/mol. The molecule has 0 aliphatic rings. The van der Waals surface area contributed by atoms with Gasteiger partial charge in [0.2, 0.25) is 0 Å². The van der Waals surface area contributed by atoms with E-state index >= 15 is 0 Å². The molecule has 2 N–H and O–H groups in total. The molecular weight excluding hydrogens is 368 g/mol. The summed E-state index contributed by atoms with van der Waals surface area (Å²) in [6.45, 7) is 16.6. The van der Waals surface area contributed by atoms with Crippen LogP contribution in [0.3, 0.4) is 0 Å². The molecule has 28 heavy (non-hydrogen) atoms. The molecular formula is C21H36N6S. The van der Waals surface area contributed by atoms with Crippen LogP contribution in [0.5, 0.6) is 0 Å². The summed E-state index contributed by atoms with van der Waals surface area (Å²) in [4.78, 5) is 9.51. The number of rotatable bonds is 7. The summed E-state index contributed by atoms with van der Waals surface area (Å²) in [6.07, 6.45) is 1.80. The molecule has 0 spiro atoms. The van der Waals surface area contributed by atoms with Crippen molar-refractivity contribution in [3.05, 3.63) is 33.0 Å². The summed E-state index contributed by atoms with van der Waals surface area (Å²) >= 11 is 1.73. The van der Waals surface area contributed by atoms with E-state index in [2.05, 4.69) is 69.6 Å². The van der Waals surface area contributed by atoms with Gasteiger partial charge in [-0.3, -0.25) is 9.67 Å². The number of aliphatic imine (C=N–C) groups is 1. The van der Waals surface area contributed by atoms with E-state index in [-0.39, 0.29) is 11.5 Å². The van der Waals surface area contributed by atoms with Crippen molar-refractivity contribution in [3.63, 3.8) is 0 Å². The van der Waals surface area contributed by atoms with Crippen LogP contribution in [-0.4, -0.2) is 39.9 Å². The van der Waals surface area contributed by atoms with Crippen molar-refractivity contribution < 1.29 is 0 Å². The van der Waals surface area contributed by atoms with Gasteiger partial charge in [-0.1, -0.05) is 20.8 Å². The molecule has 0 saturated heterocycles. The van der Waals surface area contributed by atoms with Crippen LogP contribution in [0.4, 0.5) is 0 Å². The summed E-state index contributed by atoms with van der Waals surface area (Å²) < 4.78 is 1.95. The standard InChI is InChI=1S/C21H36N6S/c1-9-22-20(23-11-10-19-25-18(13-28-19)21(5,6)7)24-14(2)12-17-15(3)26-27(8)16(17)4/h13-14H,9-12H2,1-8H3,(H2,22,23,24). The summed E-state index contributed by atoms with van der Waals surface area (Å²) in [5.74, 6) is 0.863. The molecule has 1 unspecified atom stereocenters. The highest BCUT2D eigenvalue weighted by Crippen LogP contribution is 2.24. The number of nitrogens with one attached hydrogen (secondary N) is 2. The minimum absolute atomic E-state index is 0.104. The van der Waals surface area contributed by atoms with E-state index in [4.69, 9.17) is 9.98 Å². The molecule has 0 aliphatic carbocycles. The second-order valence-electron chi connectivity index (χ2n) is 8.41. The Morgan fingerprint density at radius 3 is 2.57 bits per heavy atom. The van der Waals surface area contributed by atoms with Crippen LogP contribution in [-0.2, 0) is 25.3 Å². The van der Waals surface area contributed by atoms with Gasteiger partial charge in [0, 0.05) is 49.1 Å². The fourth-order valence-electron chi connectivity index (χ4n) is 3.06. The highest BCUT2D eigenvalue weighted by molar-refractivity contribution is 7.09. The third-order valence-electron chi connectivity index (χ3n) is 4.81. The number of aryl methyl sites for hydroxylation is 2. The minimum Gasteiger partial charge on any atom is -0.357 e. The first-order valence-electron chi connectivity index (χ1n) is 10.1. The minimum atomic E-state index is 0.104. The molecule has 0 fully saturated rings. The van der Waals surface area contributed by atoms with E-state index in [1.807, 2.05) is 11.7 Å². The van der Waals surface area contributed by atoms with Crippen molar-refractivity contribution in [1.29, 1.82) is 0 Å². The maximum Gasteiger partial charge on any atom is 0.191 e. The summed E-state index contributed by atoms with van der Waals surface area (Å²) in [7, 11) is 2.00. The van der Waals surface area contributed by atoms with Crippen LogP contribution >= 0.6 is 11.3 Å². The number of nitrogens with zero attached hydrogens (tertiary/aromatic N) is 4. The van der Waals surface area contributed by atoms with E-state index in [9.17, 15) is 0 Å². The van der Waals surface area contributed by atoms with Crippen molar-refractivity contribution in [3.8, 4) is 0 Å². The van der Waals surface area contributed by atoms with Crippen molar-refractivity contribution in [2.24, 2.45) is 12.0 Å². The first-order valence-corrected chi connectivity index (χ1v) is 11.0. The van der Waals surface area contributed by atoms with Crippen molar-refractivity contribution in [2.75, 3.05) is 13.1 Å². The Hall–Kier alpha value is -1.89. The molecule has 0 aliphatic heterocycles. The maximum atomic E-state index is 4.76.